The highest BCUT2D eigenvalue weighted by Crippen LogP contribution is 2.34. The smallest absolute Gasteiger partial charge is 0.138 e. The summed E-state index contributed by atoms with van der Waals surface area (Å²) in [5.74, 6) is 1.50. The number of nitrogens with zero attached hydrogens (tertiary/aromatic N) is 1. The van der Waals surface area contributed by atoms with Crippen molar-refractivity contribution in [3.05, 3.63) is 77.9 Å². The summed E-state index contributed by atoms with van der Waals surface area (Å²) in [5.41, 5.74) is 2.53. The van der Waals surface area contributed by atoms with Crippen LogP contribution in [-0.4, -0.2) is 4.98 Å². The summed E-state index contributed by atoms with van der Waals surface area (Å²) in [6.07, 6.45) is 1.72. The van der Waals surface area contributed by atoms with E-state index in [0.717, 1.165) is 44.3 Å². The van der Waals surface area contributed by atoms with Gasteiger partial charge in [-0.2, -0.15) is 0 Å². The van der Waals surface area contributed by atoms with Gasteiger partial charge in [0.25, 0.3) is 0 Å². The van der Waals surface area contributed by atoms with Crippen LogP contribution in [-0.2, 0) is 0 Å². The molecule has 2 aromatic heterocycles. The Morgan fingerprint density at radius 3 is 2.64 bits per heavy atom. The molecule has 2 heterocycles. The Morgan fingerprint density at radius 1 is 0.800 bits per heavy atom. The molecule has 0 unspecified atom stereocenters. The molecule has 0 amide bonds. The van der Waals surface area contributed by atoms with Gasteiger partial charge in [-0.15, -0.1) is 0 Å². The van der Waals surface area contributed by atoms with Gasteiger partial charge in [-0.25, -0.2) is 0 Å². The topological polar surface area (TPSA) is 35.3 Å². The van der Waals surface area contributed by atoms with Gasteiger partial charge in [0.15, 0.2) is 0 Å². The van der Waals surface area contributed by atoms with E-state index in [9.17, 15) is 0 Å². The minimum Gasteiger partial charge on any atom is -0.457 e. The lowest BCUT2D eigenvalue weighted by atomic mass is 10.1. The minimum atomic E-state index is 0.656. The number of ether oxygens (including phenoxy) is 1. The fourth-order valence-electron chi connectivity index (χ4n) is 3.08. The zero-order valence-corrected chi connectivity index (χ0v) is 13.8. The summed E-state index contributed by atoms with van der Waals surface area (Å²) in [6, 6.07) is 21.3. The van der Waals surface area contributed by atoms with Crippen molar-refractivity contribution in [1.29, 1.82) is 0 Å². The monoisotopic (exact) mass is 345 g/mol. The molecule has 3 nitrogen and oxygen atoms in total. The maximum atomic E-state index is 6.13. The average molecular weight is 346 g/mol. The van der Waals surface area contributed by atoms with Crippen molar-refractivity contribution in [3.8, 4) is 11.5 Å². The van der Waals surface area contributed by atoms with Gasteiger partial charge < -0.3 is 9.15 Å². The molecular formula is C21H12ClNO2. The van der Waals surface area contributed by atoms with Crippen LogP contribution in [0.25, 0.3) is 32.8 Å². The van der Waals surface area contributed by atoms with Crippen molar-refractivity contribution in [1.82, 2.24) is 4.98 Å². The third-order valence-corrected chi connectivity index (χ3v) is 4.48. The third kappa shape index (κ3) is 2.41. The Hall–Kier alpha value is -3.04. The van der Waals surface area contributed by atoms with Gasteiger partial charge in [0.05, 0.1) is 5.52 Å². The summed E-state index contributed by atoms with van der Waals surface area (Å²) in [4.78, 5) is 4.35. The van der Waals surface area contributed by atoms with Gasteiger partial charge in [0, 0.05) is 27.4 Å². The van der Waals surface area contributed by atoms with E-state index in [1.807, 2.05) is 60.7 Å². The molecule has 4 heteroatoms. The highest BCUT2D eigenvalue weighted by atomic mass is 35.5. The molecule has 0 saturated heterocycles. The molecule has 0 aliphatic rings. The number of para-hydroxylation sites is 1. The molecule has 0 bridgehead atoms. The molecular weight excluding hydrogens is 334 g/mol. The van der Waals surface area contributed by atoms with Gasteiger partial charge in [0.1, 0.15) is 22.7 Å². The van der Waals surface area contributed by atoms with Crippen LogP contribution in [0, 0.1) is 0 Å². The van der Waals surface area contributed by atoms with Crippen molar-refractivity contribution in [2.24, 2.45) is 0 Å². The Kier molecular flexibility index (Phi) is 3.15. The molecule has 0 aliphatic heterocycles. The second-order valence-electron chi connectivity index (χ2n) is 5.83. The first kappa shape index (κ1) is 14.3. The van der Waals surface area contributed by atoms with Crippen LogP contribution < -0.4 is 4.74 Å². The molecule has 0 spiro atoms. The standard InChI is InChI=1S/C21H12ClNO2/c22-13-5-7-16-18(11-13)23-10-9-21(16)24-14-6-8-20-17(12-14)15-3-1-2-4-19(15)25-20/h1-12H. The van der Waals surface area contributed by atoms with Crippen molar-refractivity contribution in [2.45, 2.75) is 0 Å². The van der Waals surface area contributed by atoms with Crippen molar-refractivity contribution >= 4 is 44.4 Å². The van der Waals surface area contributed by atoms with Gasteiger partial charge >= 0.3 is 0 Å². The summed E-state index contributed by atoms with van der Waals surface area (Å²) in [6.45, 7) is 0. The van der Waals surface area contributed by atoms with Crippen LogP contribution in [0.2, 0.25) is 5.02 Å². The Bertz CT molecular complexity index is 1240. The lowest BCUT2D eigenvalue weighted by molar-refractivity contribution is 0.488. The van der Waals surface area contributed by atoms with Gasteiger partial charge in [-0.3, -0.25) is 4.98 Å². The SMILES string of the molecule is Clc1ccc2c(Oc3ccc4oc5ccccc5c4c3)ccnc2c1. The van der Waals surface area contributed by atoms with E-state index in [1.165, 1.54) is 0 Å². The Labute approximate surface area is 148 Å². The van der Waals surface area contributed by atoms with Crippen molar-refractivity contribution < 1.29 is 9.15 Å². The van der Waals surface area contributed by atoms with Crippen LogP contribution >= 0.6 is 11.6 Å². The maximum absolute atomic E-state index is 6.13. The first-order valence-electron chi connectivity index (χ1n) is 7.91. The fourth-order valence-corrected chi connectivity index (χ4v) is 3.25. The summed E-state index contributed by atoms with van der Waals surface area (Å²) >= 11 is 6.05. The van der Waals surface area contributed by atoms with Crippen molar-refractivity contribution in [3.63, 3.8) is 0 Å². The summed E-state index contributed by atoms with van der Waals surface area (Å²) < 4.78 is 12.0. The quantitative estimate of drug-likeness (QED) is 0.362. The van der Waals surface area contributed by atoms with E-state index in [4.69, 9.17) is 20.8 Å². The largest absolute Gasteiger partial charge is 0.457 e. The van der Waals surface area contributed by atoms with E-state index >= 15 is 0 Å². The Morgan fingerprint density at radius 2 is 1.68 bits per heavy atom. The van der Waals surface area contributed by atoms with E-state index in [2.05, 4.69) is 11.1 Å². The predicted octanol–water partition coefficient (Wildman–Crippen LogP) is 6.58. The predicted molar refractivity (Wildman–Crippen MR) is 101 cm³/mol. The lowest BCUT2D eigenvalue weighted by Crippen LogP contribution is -1.87. The van der Waals surface area contributed by atoms with Crippen LogP contribution in [0.5, 0.6) is 11.5 Å². The molecule has 3 aromatic carbocycles. The molecule has 0 fully saturated rings. The van der Waals surface area contributed by atoms with E-state index in [0.29, 0.717) is 5.02 Å². The molecule has 5 rings (SSSR count). The molecule has 5 aromatic rings. The van der Waals surface area contributed by atoms with Gasteiger partial charge in [-0.05, 0) is 48.5 Å². The van der Waals surface area contributed by atoms with E-state index < -0.39 is 0 Å². The number of rotatable bonds is 2. The second kappa shape index (κ2) is 5.50. The van der Waals surface area contributed by atoms with Crippen molar-refractivity contribution in [2.75, 3.05) is 0 Å². The number of pyridine rings is 1. The van der Waals surface area contributed by atoms with Gasteiger partial charge in [-0.1, -0.05) is 29.8 Å². The number of halogens is 1. The first-order valence-corrected chi connectivity index (χ1v) is 8.29. The lowest BCUT2D eigenvalue weighted by Gasteiger charge is -2.08. The molecule has 0 N–H and O–H groups in total. The van der Waals surface area contributed by atoms with Crippen LogP contribution in [0.1, 0.15) is 0 Å². The van der Waals surface area contributed by atoms with Gasteiger partial charge in [0.2, 0.25) is 0 Å². The number of aromatic nitrogens is 1. The molecule has 25 heavy (non-hydrogen) atoms. The highest BCUT2D eigenvalue weighted by Gasteiger charge is 2.09. The molecule has 0 aliphatic carbocycles. The normalized spacial score (nSPS) is 11.4. The minimum absolute atomic E-state index is 0.656. The zero-order chi connectivity index (χ0) is 16.8. The first-order chi connectivity index (χ1) is 12.3. The average Bonchev–Trinajstić information content (AvgIpc) is 3.00. The summed E-state index contributed by atoms with van der Waals surface area (Å²) in [5, 5.41) is 3.69. The van der Waals surface area contributed by atoms with Crippen LogP contribution in [0.15, 0.2) is 77.3 Å². The molecule has 0 saturated carbocycles. The number of furan rings is 1. The number of fused-ring (bicyclic) bond motifs is 4. The molecule has 120 valence electrons. The number of benzene rings is 3. The van der Waals surface area contributed by atoms with Crippen LogP contribution in [0.4, 0.5) is 0 Å². The highest BCUT2D eigenvalue weighted by molar-refractivity contribution is 6.31. The Balaban J connectivity index is 1.63. The molecule has 0 atom stereocenters. The molecule has 0 radical (unpaired) electrons. The zero-order valence-electron chi connectivity index (χ0n) is 13.1. The summed E-state index contributed by atoms with van der Waals surface area (Å²) in [7, 11) is 0. The number of hydrogen-bond acceptors (Lipinski definition) is 3. The van der Waals surface area contributed by atoms with E-state index in [1.54, 1.807) is 6.20 Å². The number of hydrogen-bond donors (Lipinski definition) is 0. The van der Waals surface area contributed by atoms with E-state index in [-0.39, 0.29) is 0 Å². The second-order valence-corrected chi connectivity index (χ2v) is 6.27. The maximum Gasteiger partial charge on any atom is 0.138 e. The van der Waals surface area contributed by atoms with Crippen LogP contribution in [0.3, 0.4) is 0 Å². The third-order valence-electron chi connectivity index (χ3n) is 4.24. The fraction of sp³-hybridized carbons (Fsp3) is 0.